The molecule has 2 aromatic heterocycles. The Morgan fingerprint density at radius 2 is 1.56 bits per heavy atom. The molecule has 3 aromatic carbocycles. The van der Waals surface area contributed by atoms with Gasteiger partial charge in [-0.15, -0.1) is 47.2 Å². The van der Waals surface area contributed by atoms with Crippen LogP contribution in [0.3, 0.4) is 0 Å². The van der Waals surface area contributed by atoms with Gasteiger partial charge in [-0.05, 0) is 49.6 Å². The van der Waals surface area contributed by atoms with Gasteiger partial charge in [-0.1, -0.05) is 54.1 Å². The number of carboxylic acids is 1. The first-order chi connectivity index (χ1) is 16.9. The van der Waals surface area contributed by atoms with Crippen molar-refractivity contribution in [3.63, 3.8) is 0 Å². The number of carboxylic acid groups (broad SMARTS) is 1. The Labute approximate surface area is 230 Å². The number of nitrogens with zero attached hydrogens (tertiary/aromatic N) is 2. The Balaban J connectivity index is 0.000000307. The second-order valence-electron chi connectivity index (χ2n) is 8.13. The predicted octanol–water partition coefficient (Wildman–Crippen LogP) is 7.65. The third kappa shape index (κ3) is 6.42. The molecule has 0 saturated heterocycles. The first kappa shape index (κ1) is 27.2. The van der Waals surface area contributed by atoms with Crippen LogP contribution >= 0.6 is 11.3 Å². The predicted molar refractivity (Wildman–Crippen MR) is 143 cm³/mol. The molecule has 5 rings (SSSR count). The quantitative estimate of drug-likeness (QED) is 0.200. The molecule has 0 spiro atoms. The van der Waals surface area contributed by atoms with Gasteiger partial charge >= 0.3 is 5.97 Å². The number of benzene rings is 3. The van der Waals surface area contributed by atoms with Gasteiger partial charge in [-0.3, -0.25) is 4.98 Å². The third-order valence-electron chi connectivity index (χ3n) is 5.40. The van der Waals surface area contributed by atoms with Gasteiger partial charge in [0.25, 0.3) is 0 Å². The van der Waals surface area contributed by atoms with Crippen molar-refractivity contribution >= 4 is 17.3 Å². The summed E-state index contributed by atoms with van der Waals surface area (Å²) in [5.74, 6) is -0.990. The zero-order chi connectivity index (χ0) is 24.8. The van der Waals surface area contributed by atoms with Crippen LogP contribution in [0.1, 0.15) is 27.2 Å². The summed E-state index contributed by atoms with van der Waals surface area (Å²) in [5, 5.41) is 9.40. The van der Waals surface area contributed by atoms with E-state index < -0.39 is 5.97 Å². The molecule has 2 heterocycles. The van der Waals surface area contributed by atoms with Crippen molar-refractivity contribution in [2.24, 2.45) is 0 Å². The Morgan fingerprint density at radius 3 is 2.11 bits per heavy atom. The van der Waals surface area contributed by atoms with Crippen LogP contribution in [0.25, 0.3) is 32.3 Å². The molecule has 4 nitrogen and oxygen atoms in total. The molecule has 36 heavy (non-hydrogen) atoms. The van der Waals surface area contributed by atoms with Gasteiger partial charge in [0.15, 0.2) is 0 Å². The normalized spacial score (nSPS) is 10.1. The second-order valence-corrected chi connectivity index (χ2v) is 9.13. The van der Waals surface area contributed by atoms with Crippen LogP contribution in [0.5, 0.6) is 0 Å². The van der Waals surface area contributed by atoms with E-state index in [1.54, 1.807) is 23.5 Å². The van der Waals surface area contributed by atoms with Crippen LogP contribution in [-0.4, -0.2) is 21.0 Å². The molecule has 0 unspecified atom stereocenters. The van der Waals surface area contributed by atoms with Crippen molar-refractivity contribution in [2.75, 3.05) is 0 Å². The standard InChI is InChI=1S/C24H20NS.C6H5NO2.Pt/c1-16-14-17(2)21(18(3)15-16)24-25-22(19-10-6-4-7-11-19)23(26-24)20-12-8-5-9-13-20;8-6(9)5-3-1-2-4-7-5;/h4-10,12-15H,1-3H3;1-4H,(H,8,9);/q-1;;. The smallest absolute Gasteiger partial charge is 0.354 e. The molecule has 0 fully saturated rings. The maximum Gasteiger partial charge on any atom is 0.354 e. The maximum absolute atomic E-state index is 10.1. The van der Waals surface area contributed by atoms with Crippen LogP contribution in [0.2, 0.25) is 0 Å². The van der Waals surface area contributed by atoms with Crippen LogP contribution in [0, 0.1) is 26.8 Å². The fourth-order valence-electron chi connectivity index (χ4n) is 3.94. The number of carbonyl (C=O) groups is 1. The minimum atomic E-state index is -0.990. The molecule has 0 saturated carbocycles. The topological polar surface area (TPSA) is 63.1 Å². The molecule has 6 heteroatoms. The molecule has 1 N–H and O–H groups in total. The van der Waals surface area contributed by atoms with Crippen molar-refractivity contribution in [2.45, 2.75) is 20.8 Å². The fourth-order valence-corrected chi connectivity index (χ4v) is 5.20. The molecule has 0 amide bonds. The number of thiazole rings is 1. The van der Waals surface area contributed by atoms with Gasteiger partial charge in [-0.2, -0.15) is 0 Å². The Kier molecular flexibility index (Phi) is 9.46. The Hall–Kier alpha value is -3.40. The zero-order valence-corrected chi connectivity index (χ0v) is 23.2. The van der Waals surface area contributed by atoms with Crippen LogP contribution in [0.15, 0.2) is 91.1 Å². The average Bonchev–Trinajstić information content (AvgIpc) is 3.30. The number of aromatic carboxylic acids is 1. The molecular weight excluding hydrogens is 647 g/mol. The summed E-state index contributed by atoms with van der Waals surface area (Å²) in [5.41, 5.74) is 8.43. The number of hydrogen-bond donors (Lipinski definition) is 1. The number of aryl methyl sites for hydroxylation is 3. The van der Waals surface area contributed by atoms with E-state index in [4.69, 9.17) is 10.1 Å². The molecule has 5 aromatic rings. The van der Waals surface area contributed by atoms with E-state index in [0.717, 1.165) is 16.3 Å². The molecule has 0 aliphatic heterocycles. The Bertz CT molecular complexity index is 1360. The summed E-state index contributed by atoms with van der Waals surface area (Å²) < 4.78 is 0. The number of hydrogen-bond acceptors (Lipinski definition) is 4. The summed E-state index contributed by atoms with van der Waals surface area (Å²) in [7, 11) is 0. The molecule has 0 bridgehead atoms. The van der Waals surface area contributed by atoms with Crippen LogP contribution in [-0.2, 0) is 21.1 Å². The largest absolute Gasteiger partial charge is 0.477 e. The summed E-state index contributed by atoms with van der Waals surface area (Å²) in [6.07, 6.45) is 1.45. The molecule has 0 aliphatic carbocycles. The van der Waals surface area contributed by atoms with Gasteiger partial charge in [-0.25, -0.2) is 9.78 Å². The summed E-state index contributed by atoms with van der Waals surface area (Å²) in [6.45, 7) is 6.49. The van der Waals surface area contributed by atoms with E-state index in [2.05, 4.69) is 74.3 Å². The SMILES string of the molecule is Cc1cc(C)c(-c2nc(-c3[c-]cccc3)c(-c3ccccc3)s2)c(C)c1.O=C(O)c1ccccn1.[Pt]. The maximum atomic E-state index is 10.1. The minimum absolute atomic E-state index is 0. The molecule has 184 valence electrons. The fraction of sp³-hybridized carbons (Fsp3) is 0.100. The van der Waals surface area contributed by atoms with E-state index >= 15 is 0 Å². The van der Waals surface area contributed by atoms with E-state index in [9.17, 15) is 4.79 Å². The molecule has 0 radical (unpaired) electrons. The van der Waals surface area contributed by atoms with Crippen molar-refractivity contribution in [3.05, 3.63) is 120 Å². The second kappa shape index (κ2) is 12.5. The van der Waals surface area contributed by atoms with Crippen LogP contribution < -0.4 is 0 Å². The zero-order valence-electron chi connectivity index (χ0n) is 20.1. The first-order valence-electron chi connectivity index (χ1n) is 11.2. The minimum Gasteiger partial charge on any atom is -0.477 e. The Morgan fingerprint density at radius 1 is 0.889 bits per heavy atom. The molecular formula is C30H25N2O2PtS-. The molecule has 0 aliphatic rings. The van der Waals surface area contributed by atoms with E-state index in [1.807, 2.05) is 24.3 Å². The van der Waals surface area contributed by atoms with E-state index in [-0.39, 0.29) is 26.8 Å². The van der Waals surface area contributed by atoms with Crippen molar-refractivity contribution < 1.29 is 31.0 Å². The van der Waals surface area contributed by atoms with Gasteiger partial charge in [0.05, 0.1) is 0 Å². The van der Waals surface area contributed by atoms with Crippen molar-refractivity contribution in [1.82, 2.24) is 9.97 Å². The van der Waals surface area contributed by atoms with Gasteiger partial charge < -0.3 is 5.11 Å². The number of pyridine rings is 1. The summed E-state index contributed by atoms with van der Waals surface area (Å²) >= 11 is 1.76. The number of rotatable bonds is 4. The molecule has 0 atom stereocenters. The van der Waals surface area contributed by atoms with Gasteiger partial charge in [0.2, 0.25) is 0 Å². The van der Waals surface area contributed by atoms with E-state index in [0.29, 0.717) is 0 Å². The van der Waals surface area contributed by atoms with Crippen molar-refractivity contribution in [3.8, 4) is 32.3 Å². The summed E-state index contributed by atoms with van der Waals surface area (Å²) in [6, 6.07) is 31.2. The first-order valence-corrected chi connectivity index (χ1v) is 12.0. The third-order valence-corrected chi connectivity index (χ3v) is 6.52. The monoisotopic (exact) mass is 672 g/mol. The van der Waals surface area contributed by atoms with Crippen LogP contribution in [0.4, 0.5) is 0 Å². The average molecular weight is 673 g/mol. The van der Waals surface area contributed by atoms with Gasteiger partial charge in [0, 0.05) is 43.4 Å². The summed E-state index contributed by atoms with van der Waals surface area (Å²) in [4.78, 5) is 20.0. The van der Waals surface area contributed by atoms with Crippen molar-refractivity contribution in [1.29, 1.82) is 0 Å². The van der Waals surface area contributed by atoms with E-state index in [1.165, 1.54) is 45.0 Å². The van der Waals surface area contributed by atoms with Gasteiger partial charge in [0.1, 0.15) is 10.7 Å². The number of aromatic nitrogens is 2.